The number of hydrogen-bond acceptors (Lipinski definition) is 3. The molecule has 1 unspecified atom stereocenters. The Kier molecular flexibility index (Phi) is 25.8. The number of ether oxygens (including phenoxy) is 1. The second-order valence-electron chi connectivity index (χ2n) is 9.94. The maximum atomic E-state index is 12.4. The Labute approximate surface area is 217 Å². The molecule has 0 aliphatic heterocycles. The highest BCUT2D eigenvalue weighted by atomic mass is 16.5. The monoisotopic (exact) mass is 492 g/mol. The van der Waals surface area contributed by atoms with E-state index < -0.39 is 5.97 Å². The first-order valence-electron chi connectivity index (χ1n) is 14.8. The first-order chi connectivity index (χ1) is 17.1. The summed E-state index contributed by atoms with van der Waals surface area (Å²) in [5.74, 6) is -0.753. The number of carbonyl (C=O) groups excluding carboxylic acids is 1. The van der Waals surface area contributed by atoms with Gasteiger partial charge in [-0.05, 0) is 64.2 Å². The van der Waals surface area contributed by atoms with Gasteiger partial charge in [0.05, 0.1) is 0 Å². The molecule has 0 aliphatic carbocycles. The molecule has 0 rings (SSSR count). The number of aliphatic carboxylic acids is 1. The van der Waals surface area contributed by atoms with E-state index in [4.69, 9.17) is 9.84 Å². The van der Waals surface area contributed by atoms with E-state index in [9.17, 15) is 9.59 Å². The van der Waals surface area contributed by atoms with Crippen LogP contribution in [-0.4, -0.2) is 23.1 Å². The van der Waals surface area contributed by atoms with E-state index in [0.29, 0.717) is 6.42 Å². The molecule has 0 fully saturated rings. The summed E-state index contributed by atoms with van der Waals surface area (Å²) in [6.07, 6.45) is 31.9. The average Bonchev–Trinajstić information content (AvgIpc) is 2.83. The van der Waals surface area contributed by atoms with Gasteiger partial charge in [-0.15, -0.1) is 0 Å². The van der Waals surface area contributed by atoms with Gasteiger partial charge in [0.2, 0.25) is 0 Å². The summed E-state index contributed by atoms with van der Waals surface area (Å²) in [6, 6.07) is 0. The SMILES string of the molecule is CCCC/C=C\C/C=C\CCCCCCCC(=O)OC(CCCCCC)CCCCCCC(=O)O. The number of hydrogen-bond donors (Lipinski definition) is 1. The molecule has 0 bridgehead atoms. The largest absolute Gasteiger partial charge is 0.481 e. The zero-order valence-electron chi connectivity index (χ0n) is 23.1. The lowest BCUT2D eigenvalue weighted by molar-refractivity contribution is -0.150. The minimum Gasteiger partial charge on any atom is -0.481 e. The van der Waals surface area contributed by atoms with Crippen LogP contribution in [0.1, 0.15) is 155 Å². The highest BCUT2D eigenvalue weighted by Crippen LogP contribution is 2.17. The van der Waals surface area contributed by atoms with Crippen molar-refractivity contribution in [2.75, 3.05) is 0 Å². The van der Waals surface area contributed by atoms with Crippen LogP contribution in [0.5, 0.6) is 0 Å². The maximum Gasteiger partial charge on any atom is 0.306 e. The normalized spacial score (nSPS) is 12.5. The Morgan fingerprint density at radius 1 is 0.629 bits per heavy atom. The average molecular weight is 493 g/mol. The van der Waals surface area contributed by atoms with Gasteiger partial charge in [0.15, 0.2) is 0 Å². The molecule has 1 N–H and O–H groups in total. The number of esters is 1. The summed E-state index contributed by atoms with van der Waals surface area (Å²) in [4.78, 5) is 23.0. The summed E-state index contributed by atoms with van der Waals surface area (Å²) in [5, 5.41) is 8.74. The molecule has 0 aromatic rings. The minimum atomic E-state index is -0.717. The van der Waals surface area contributed by atoms with Gasteiger partial charge in [-0.3, -0.25) is 9.59 Å². The van der Waals surface area contributed by atoms with E-state index in [-0.39, 0.29) is 18.5 Å². The summed E-state index contributed by atoms with van der Waals surface area (Å²) >= 11 is 0. The van der Waals surface area contributed by atoms with E-state index in [1.54, 1.807) is 0 Å². The van der Waals surface area contributed by atoms with Crippen LogP contribution < -0.4 is 0 Å². The molecule has 0 aromatic heterocycles. The predicted molar refractivity (Wildman–Crippen MR) is 149 cm³/mol. The summed E-state index contributed by atoms with van der Waals surface area (Å²) in [6.45, 7) is 4.43. The van der Waals surface area contributed by atoms with Gasteiger partial charge in [-0.25, -0.2) is 0 Å². The van der Waals surface area contributed by atoms with Crippen molar-refractivity contribution in [3.63, 3.8) is 0 Å². The number of rotatable bonds is 26. The lowest BCUT2D eigenvalue weighted by Gasteiger charge is -2.18. The second-order valence-corrected chi connectivity index (χ2v) is 9.94. The molecule has 4 nitrogen and oxygen atoms in total. The molecular weight excluding hydrogens is 436 g/mol. The minimum absolute atomic E-state index is 0.0344. The van der Waals surface area contributed by atoms with Gasteiger partial charge < -0.3 is 9.84 Å². The number of carbonyl (C=O) groups is 2. The molecule has 0 saturated carbocycles. The highest BCUT2D eigenvalue weighted by molar-refractivity contribution is 5.69. The fraction of sp³-hybridized carbons (Fsp3) is 0.806. The molecular formula is C31H56O4. The molecule has 0 amide bonds. The van der Waals surface area contributed by atoms with Crippen molar-refractivity contribution in [3.05, 3.63) is 24.3 Å². The lowest BCUT2D eigenvalue weighted by atomic mass is 10.0. The number of carboxylic acid groups (broad SMARTS) is 1. The molecule has 0 aromatic carbocycles. The van der Waals surface area contributed by atoms with Crippen LogP contribution in [0.15, 0.2) is 24.3 Å². The van der Waals surface area contributed by atoms with Crippen LogP contribution in [0.3, 0.4) is 0 Å². The Balaban J connectivity index is 3.87. The van der Waals surface area contributed by atoms with E-state index in [1.165, 1.54) is 57.8 Å². The van der Waals surface area contributed by atoms with Gasteiger partial charge >= 0.3 is 11.9 Å². The van der Waals surface area contributed by atoms with Crippen LogP contribution >= 0.6 is 0 Å². The van der Waals surface area contributed by atoms with Gasteiger partial charge in [0, 0.05) is 12.8 Å². The third kappa shape index (κ3) is 26.9. The maximum absolute atomic E-state index is 12.4. The zero-order chi connectivity index (χ0) is 25.8. The van der Waals surface area contributed by atoms with Gasteiger partial charge in [-0.2, -0.15) is 0 Å². The molecule has 0 saturated heterocycles. The van der Waals surface area contributed by atoms with Crippen molar-refractivity contribution in [2.45, 2.75) is 161 Å². The van der Waals surface area contributed by atoms with E-state index in [0.717, 1.165) is 70.6 Å². The molecule has 4 heteroatoms. The van der Waals surface area contributed by atoms with Crippen LogP contribution in [0, 0.1) is 0 Å². The fourth-order valence-electron chi connectivity index (χ4n) is 4.20. The predicted octanol–water partition coefficient (Wildman–Crippen LogP) is 9.72. The van der Waals surface area contributed by atoms with Gasteiger partial charge in [0.25, 0.3) is 0 Å². The topological polar surface area (TPSA) is 63.6 Å². The lowest BCUT2D eigenvalue weighted by Crippen LogP contribution is -2.18. The Hall–Kier alpha value is -1.58. The van der Waals surface area contributed by atoms with E-state index >= 15 is 0 Å². The van der Waals surface area contributed by atoms with Crippen molar-refractivity contribution in [1.29, 1.82) is 0 Å². The molecule has 0 radical (unpaired) electrons. The third-order valence-corrected chi connectivity index (χ3v) is 6.43. The van der Waals surface area contributed by atoms with Crippen LogP contribution in [0.4, 0.5) is 0 Å². The molecule has 204 valence electrons. The quantitative estimate of drug-likeness (QED) is 0.0741. The summed E-state index contributed by atoms with van der Waals surface area (Å²) < 4.78 is 5.84. The number of unbranched alkanes of at least 4 members (excludes halogenated alkanes) is 13. The Morgan fingerprint density at radius 2 is 1.14 bits per heavy atom. The number of carboxylic acids is 1. The summed E-state index contributed by atoms with van der Waals surface area (Å²) in [7, 11) is 0. The number of allylic oxidation sites excluding steroid dienone is 4. The standard InChI is InChI=1S/C31H56O4/c1-3-5-7-9-10-11-12-13-14-15-16-17-18-24-28-31(34)35-29(25-21-8-6-4-2)26-22-19-20-23-27-30(32)33/h9-10,12-13,29H,3-8,11,14-28H2,1-2H3,(H,32,33)/b10-9-,13-12-. The van der Waals surface area contributed by atoms with Gasteiger partial charge in [0.1, 0.15) is 6.10 Å². The van der Waals surface area contributed by atoms with Crippen LogP contribution in [-0.2, 0) is 14.3 Å². The molecule has 1 atom stereocenters. The smallest absolute Gasteiger partial charge is 0.306 e. The van der Waals surface area contributed by atoms with Crippen molar-refractivity contribution in [2.24, 2.45) is 0 Å². The van der Waals surface area contributed by atoms with Crippen molar-refractivity contribution >= 4 is 11.9 Å². The molecule has 0 aliphatic rings. The molecule has 35 heavy (non-hydrogen) atoms. The second kappa shape index (κ2) is 27.0. The van der Waals surface area contributed by atoms with E-state index in [2.05, 4.69) is 38.2 Å². The van der Waals surface area contributed by atoms with Crippen molar-refractivity contribution in [3.8, 4) is 0 Å². The Morgan fingerprint density at radius 3 is 1.77 bits per heavy atom. The van der Waals surface area contributed by atoms with Crippen LogP contribution in [0.25, 0.3) is 0 Å². The van der Waals surface area contributed by atoms with Gasteiger partial charge in [-0.1, -0.05) is 102 Å². The fourth-order valence-corrected chi connectivity index (χ4v) is 4.20. The first kappa shape index (κ1) is 33.4. The molecule has 0 heterocycles. The van der Waals surface area contributed by atoms with Crippen LogP contribution in [0.2, 0.25) is 0 Å². The van der Waals surface area contributed by atoms with E-state index in [1.807, 2.05) is 0 Å². The molecule has 0 spiro atoms. The summed E-state index contributed by atoms with van der Waals surface area (Å²) in [5.41, 5.74) is 0. The Bertz CT molecular complexity index is 538. The highest BCUT2D eigenvalue weighted by Gasteiger charge is 2.14. The van der Waals surface area contributed by atoms with Crippen molar-refractivity contribution < 1.29 is 19.4 Å². The third-order valence-electron chi connectivity index (χ3n) is 6.43. The first-order valence-corrected chi connectivity index (χ1v) is 14.8. The zero-order valence-corrected chi connectivity index (χ0v) is 23.1. The van der Waals surface area contributed by atoms with Crippen molar-refractivity contribution in [1.82, 2.24) is 0 Å².